The number of aromatic nitrogens is 1. The fourth-order valence-electron chi connectivity index (χ4n) is 3.05. The molecule has 0 fully saturated rings. The molecule has 8 heteroatoms. The molecule has 0 saturated heterocycles. The maximum Gasteiger partial charge on any atom is 0.341 e. The Hall–Kier alpha value is -2.34. The van der Waals surface area contributed by atoms with Crippen LogP contribution in [0.2, 0.25) is 0 Å². The van der Waals surface area contributed by atoms with Gasteiger partial charge in [-0.2, -0.15) is 5.26 Å². The van der Waals surface area contributed by atoms with Gasteiger partial charge in [0.1, 0.15) is 5.01 Å². The highest BCUT2D eigenvalue weighted by Gasteiger charge is 2.35. The van der Waals surface area contributed by atoms with E-state index >= 15 is 0 Å². The Morgan fingerprint density at radius 1 is 1.22 bits per heavy atom. The minimum absolute atomic E-state index is 0.106. The molecular formula is C19H13BrN4OS2. The van der Waals surface area contributed by atoms with Crippen molar-refractivity contribution in [3.8, 4) is 17.3 Å². The van der Waals surface area contributed by atoms with Crippen LogP contribution >= 0.6 is 38.6 Å². The second-order valence-corrected chi connectivity index (χ2v) is 8.83. The van der Waals surface area contributed by atoms with Crippen molar-refractivity contribution in [1.82, 2.24) is 10.3 Å². The number of halogens is 1. The van der Waals surface area contributed by atoms with Crippen LogP contribution < -0.4 is 5.32 Å². The van der Waals surface area contributed by atoms with Crippen molar-refractivity contribution in [3.05, 3.63) is 61.0 Å². The van der Waals surface area contributed by atoms with Crippen LogP contribution in [0.5, 0.6) is 0 Å². The zero-order valence-electron chi connectivity index (χ0n) is 14.1. The molecule has 2 atom stereocenters. The minimum Gasteiger partial charge on any atom is -0.328 e. The predicted molar refractivity (Wildman–Crippen MR) is 111 cm³/mol. The molecule has 27 heavy (non-hydrogen) atoms. The Balaban J connectivity index is 1.71. The molecule has 2 aromatic heterocycles. The molecule has 1 aliphatic heterocycles. The average Bonchev–Trinajstić information content (AvgIpc) is 3.30. The molecule has 3 aromatic rings. The van der Waals surface area contributed by atoms with Gasteiger partial charge in [0.15, 0.2) is 0 Å². The summed E-state index contributed by atoms with van der Waals surface area (Å²) in [6.07, 6.45) is 0. The summed E-state index contributed by atoms with van der Waals surface area (Å²) in [6, 6.07) is 11.0. The second-order valence-electron chi connectivity index (χ2n) is 6.09. The molecule has 2 amide bonds. The zero-order chi connectivity index (χ0) is 19.0. The summed E-state index contributed by atoms with van der Waals surface area (Å²) >= 11 is 6.63. The number of rotatable bonds is 3. The van der Waals surface area contributed by atoms with Gasteiger partial charge in [-0.05, 0) is 41.1 Å². The van der Waals surface area contributed by atoms with Gasteiger partial charge in [0.05, 0.1) is 29.3 Å². The number of thiazole rings is 1. The van der Waals surface area contributed by atoms with Crippen molar-refractivity contribution in [1.29, 1.82) is 5.26 Å². The first-order valence-corrected chi connectivity index (χ1v) is 10.7. The summed E-state index contributed by atoms with van der Waals surface area (Å²) in [5.74, 6) is -0.106. The number of aliphatic imine (C=N–C) groups is 1. The Morgan fingerprint density at radius 3 is 2.67 bits per heavy atom. The summed E-state index contributed by atoms with van der Waals surface area (Å²) in [7, 11) is 0. The maximum atomic E-state index is 12.0. The molecule has 5 nitrogen and oxygen atoms in total. The average molecular weight is 457 g/mol. The van der Waals surface area contributed by atoms with E-state index < -0.39 is 0 Å². The van der Waals surface area contributed by atoms with Crippen molar-refractivity contribution in [2.24, 2.45) is 4.99 Å². The third-order valence-electron chi connectivity index (χ3n) is 4.33. The van der Waals surface area contributed by atoms with Gasteiger partial charge >= 0.3 is 6.03 Å². The normalized spacial score (nSPS) is 19.3. The number of carbonyl (C=O) groups is 1. The maximum absolute atomic E-state index is 12.0. The van der Waals surface area contributed by atoms with E-state index in [4.69, 9.17) is 10.2 Å². The minimum atomic E-state index is -0.317. The van der Waals surface area contributed by atoms with E-state index in [1.54, 1.807) is 34.8 Å². The summed E-state index contributed by atoms with van der Waals surface area (Å²) in [4.78, 5) is 22.0. The quantitative estimate of drug-likeness (QED) is 0.563. The zero-order valence-corrected chi connectivity index (χ0v) is 17.4. The smallest absolute Gasteiger partial charge is 0.328 e. The lowest BCUT2D eigenvalue weighted by Crippen LogP contribution is -2.38. The Kier molecular flexibility index (Phi) is 4.91. The van der Waals surface area contributed by atoms with Crippen LogP contribution in [0.25, 0.3) is 11.3 Å². The highest BCUT2D eigenvalue weighted by atomic mass is 79.9. The monoisotopic (exact) mass is 456 g/mol. The molecule has 1 N–H and O–H groups in total. The number of benzene rings is 1. The number of nitrogens with one attached hydrogen (secondary N) is 1. The molecule has 1 aliphatic rings. The Labute approximate surface area is 172 Å². The third-order valence-corrected chi connectivity index (χ3v) is 7.04. The fourth-order valence-corrected chi connectivity index (χ4v) is 5.60. The van der Waals surface area contributed by atoms with Crippen molar-refractivity contribution in [3.63, 3.8) is 0 Å². The summed E-state index contributed by atoms with van der Waals surface area (Å²) in [5, 5.41) is 16.8. The molecule has 134 valence electrons. The molecule has 0 bridgehead atoms. The predicted octanol–water partition coefficient (Wildman–Crippen LogP) is 5.51. The highest BCUT2D eigenvalue weighted by Crippen LogP contribution is 2.40. The number of hydrogen-bond acceptors (Lipinski definition) is 5. The van der Waals surface area contributed by atoms with E-state index in [1.165, 1.54) is 0 Å². The van der Waals surface area contributed by atoms with Gasteiger partial charge in [-0.15, -0.1) is 22.7 Å². The topological polar surface area (TPSA) is 78.1 Å². The van der Waals surface area contributed by atoms with Crippen LogP contribution in [0.15, 0.2) is 50.6 Å². The van der Waals surface area contributed by atoms with E-state index in [0.717, 1.165) is 31.3 Å². The van der Waals surface area contributed by atoms with Gasteiger partial charge in [-0.3, -0.25) is 0 Å². The largest absolute Gasteiger partial charge is 0.341 e. The Morgan fingerprint density at radius 2 is 2.00 bits per heavy atom. The molecule has 3 heterocycles. The molecule has 0 radical (unpaired) electrons. The number of thiophene rings is 1. The lowest BCUT2D eigenvalue weighted by atomic mass is 9.93. The van der Waals surface area contributed by atoms with E-state index in [2.05, 4.69) is 32.3 Å². The lowest BCUT2D eigenvalue weighted by Gasteiger charge is -2.28. The number of nitrogens with zero attached hydrogens (tertiary/aromatic N) is 3. The summed E-state index contributed by atoms with van der Waals surface area (Å²) < 4.78 is 0.994. The van der Waals surface area contributed by atoms with Crippen molar-refractivity contribution < 1.29 is 4.79 Å². The summed E-state index contributed by atoms with van der Waals surface area (Å²) in [5.41, 5.74) is 3.20. The molecule has 0 aliphatic carbocycles. The van der Waals surface area contributed by atoms with Crippen LogP contribution in [0.3, 0.4) is 0 Å². The Bertz CT molecular complexity index is 1080. The first kappa shape index (κ1) is 18.0. The number of nitriles is 1. The molecule has 0 saturated carbocycles. The van der Waals surface area contributed by atoms with Crippen LogP contribution in [-0.2, 0) is 0 Å². The molecule has 4 rings (SSSR count). The fraction of sp³-hybridized carbons (Fsp3) is 0.158. The van der Waals surface area contributed by atoms with Crippen LogP contribution in [0.4, 0.5) is 4.79 Å². The first-order chi connectivity index (χ1) is 13.0. The van der Waals surface area contributed by atoms with E-state index in [9.17, 15) is 4.79 Å². The van der Waals surface area contributed by atoms with Crippen LogP contribution in [0, 0.1) is 11.3 Å². The number of amides is 2. The van der Waals surface area contributed by atoms with Gasteiger partial charge in [-0.25, -0.2) is 14.8 Å². The van der Waals surface area contributed by atoms with Crippen molar-refractivity contribution >= 4 is 50.3 Å². The SMILES string of the molecule is CC1=NC(=O)NC(c2cc(Br)cs2)C1c1nc(-c2ccc(C#N)cc2)cs1. The first-order valence-electron chi connectivity index (χ1n) is 8.10. The van der Waals surface area contributed by atoms with Crippen LogP contribution in [-0.4, -0.2) is 16.7 Å². The summed E-state index contributed by atoms with van der Waals surface area (Å²) in [6.45, 7) is 1.88. The molecular weight excluding hydrogens is 444 g/mol. The lowest BCUT2D eigenvalue weighted by molar-refractivity contribution is 0.243. The van der Waals surface area contributed by atoms with E-state index in [1.807, 2.05) is 35.9 Å². The van der Waals surface area contributed by atoms with Crippen LogP contribution in [0.1, 0.15) is 34.3 Å². The number of hydrogen-bond donors (Lipinski definition) is 1. The number of urea groups is 1. The van der Waals surface area contributed by atoms with Gasteiger partial charge < -0.3 is 5.32 Å². The van der Waals surface area contributed by atoms with E-state index in [-0.39, 0.29) is 18.0 Å². The van der Waals surface area contributed by atoms with Gasteiger partial charge in [0, 0.05) is 31.4 Å². The molecule has 1 aromatic carbocycles. The van der Waals surface area contributed by atoms with Gasteiger partial charge in [0.2, 0.25) is 0 Å². The number of carbonyl (C=O) groups excluding carboxylic acids is 1. The highest BCUT2D eigenvalue weighted by molar-refractivity contribution is 9.10. The van der Waals surface area contributed by atoms with E-state index in [0.29, 0.717) is 5.56 Å². The standard InChI is InChI=1S/C19H13BrN4OS2/c1-10-16(17(24-19(25)22-10)15-6-13(20)8-26-15)18-23-14(9-27-18)12-4-2-11(7-21)3-5-12/h2-6,8-9,16-17H,1H3,(H,24,25). The van der Waals surface area contributed by atoms with Gasteiger partial charge in [-0.1, -0.05) is 12.1 Å². The van der Waals surface area contributed by atoms with Crippen molar-refractivity contribution in [2.75, 3.05) is 0 Å². The molecule has 2 unspecified atom stereocenters. The second kappa shape index (κ2) is 7.35. The van der Waals surface area contributed by atoms with Crippen molar-refractivity contribution in [2.45, 2.75) is 18.9 Å². The molecule has 0 spiro atoms. The van der Waals surface area contributed by atoms with Gasteiger partial charge in [0.25, 0.3) is 0 Å². The third kappa shape index (κ3) is 3.58.